The van der Waals surface area contributed by atoms with Gasteiger partial charge < -0.3 is 10.1 Å². The van der Waals surface area contributed by atoms with Crippen molar-refractivity contribution in [2.45, 2.75) is 25.4 Å². The van der Waals surface area contributed by atoms with Crippen LogP contribution < -0.4 is 10.1 Å². The number of nitrogens with one attached hydrogen (secondary N) is 1. The predicted molar refractivity (Wildman–Crippen MR) is 101 cm³/mol. The minimum atomic E-state index is 0.142. The minimum Gasteiger partial charge on any atom is -0.494 e. The van der Waals surface area contributed by atoms with Crippen LogP contribution in [0.5, 0.6) is 5.75 Å². The fraction of sp³-hybridized carbons (Fsp3) is 0.263. The number of halogens is 1. The second-order valence-corrected chi connectivity index (χ2v) is 6.95. The van der Waals surface area contributed by atoms with Crippen molar-refractivity contribution >= 4 is 21.9 Å². The molecule has 1 aliphatic heterocycles. The highest BCUT2D eigenvalue weighted by Gasteiger charge is 2.29. The first kappa shape index (κ1) is 16.1. The zero-order valence-electron chi connectivity index (χ0n) is 13.9. The van der Waals surface area contributed by atoms with Gasteiger partial charge in [-0.2, -0.15) is 10.1 Å². The number of hydrogen-bond donors (Lipinski definition) is 1. The van der Waals surface area contributed by atoms with Crippen LogP contribution in [0.25, 0.3) is 0 Å². The Balaban J connectivity index is 1.65. The molecule has 0 amide bonds. The molecule has 0 bridgehead atoms. The van der Waals surface area contributed by atoms with E-state index in [2.05, 4.69) is 67.7 Å². The van der Waals surface area contributed by atoms with Crippen LogP contribution in [-0.4, -0.2) is 21.4 Å². The zero-order valence-corrected chi connectivity index (χ0v) is 15.5. The van der Waals surface area contributed by atoms with E-state index in [-0.39, 0.29) is 12.1 Å². The van der Waals surface area contributed by atoms with Crippen molar-refractivity contribution in [3.05, 3.63) is 70.5 Å². The number of aromatic nitrogens is 3. The summed E-state index contributed by atoms with van der Waals surface area (Å²) >= 11 is 3.50. The molecule has 1 aliphatic rings. The van der Waals surface area contributed by atoms with Gasteiger partial charge in [-0.3, -0.25) is 0 Å². The summed E-state index contributed by atoms with van der Waals surface area (Å²) in [5, 5.41) is 7.91. The topological polar surface area (TPSA) is 52.0 Å². The van der Waals surface area contributed by atoms with Gasteiger partial charge >= 0.3 is 0 Å². The van der Waals surface area contributed by atoms with Crippen LogP contribution in [0.3, 0.4) is 0 Å². The van der Waals surface area contributed by atoms with Crippen LogP contribution in [0.1, 0.15) is 36.6 Å². The molecule has 1 aromatic heterocycles. The maximum Gasteiger partial charge on any atom is 0.222 e. The van der Waals surface area contributed by atoms with Crippen molar-refractivity contribution in [3.8, 4) is 5.75 Å². The molecule has 3 aromatic rings. The van der Waals surface area contributed by atoms with E-state index in [1.54, 1.807) is 6.33 Å². The van der Waals surface area contributed by atoms with Crippen LogP contribution in [0.4, 0.5) is 5.95 Å². The molecule has 0 saturated heterocycles. The lowest BCUT2D eigenvalue weighted by Gasteiger charge is -2.32. The summed E-state index contributed by atoms with van der Waals surface area (Å²) in [4.78, 5) is 4.38. The average molecular weight is 399 g/mol. The molecular weight excluding hydrogens is 380 g/mol. The van der Waals surface area contributed by atoms with Gasteiger partial charge in [0.2, 0.25) is 5.95 Å². The quantitative estimate of drug-likeness (QED) is 0.698. The normalized spacial score (nSPS) is 19.1. The standard InChI is InChI=1S/C19H19BrN4O/c1-2-25-16-9-5-14(6-10-16)18-11-17(13-3-7-15(20)8-4-13)23-19-21-12-22-24(18)19/h3-10,12,17-18H,2,11H2,1H3,(H,21,22,23)/t17-,18+/m1/s1. The van der Waals surface area contributed by atoms with Crippen molar-refractivity contribution in [1.29, 1.82) is 0 Å². The summed E-state index contributed by atoms with van der Waals surface area (Å²) in [6, 6.07) is 17.0. The number of benzene rings is 2. The number of fused-ring (bicyclic) bond motifs is 1. The Morgan fingerprint density at radius 1 is 1.12 bits per heavy atom. The van der Waals surface area contributed by atoms with Crippen molar-refractivity contribution in [2.75, 3.05) is 11.9 Å². The summed E-state index contributed by atoms with van der Waals surface area (Å²) in [5.74, 6) is 1.70. The summed E-state index contributed by atoms with van der Waals surface area (Å²) < 4.78 is 8.60. The highest BCUT2D eigenvalue weighted by molar-refractivity contribution is 9.10. The Morgan fingerprint density at radius 2 is 1.84 bits per heavy atom. The molecule has 1 N–H and O–H groups in total. The number of nitrogens with zero attached hydrogens (tertiary/aromatic N) is 3. The van der Waals surface area contributed by atoms with Crippen LogP contribution in [-0.2, 0) is 0 Å². The van der Waals surface area contributed by atoms with Gasteiger partial charge in [-0.05, 0) is 48.7 Å². The van der Waals surface area contributed by atoms with Crippen molar-refractivity contribution in [3.63, 3.8) is 0 Å². The number of rotatable bonds is 4. The number of anilines is 1. The largest absolute Gasteiger partial charge is 0.494 e. The Labute approximate surface area is 155 Å². The van der Waals surface area contributed by atoms with E-state index in [1.807, 2.05) is 23.7 Å². The average Bonchev–Trinajstić information content (AvgIpc) is 3.11. The molecule has 128 valence electrons. The van der Waals surface area contributed by atoms with Gasteiger partial charge in [0.15, 0.2) is 0 Å². The SMILES string of the molecule is CCOc1ccc([C@@H]2C[C@H](c3ccc(Br)cc3)Nc3ncnn32)cc1. The first-order valence-corrected chi connectivity index (χ1v) is 9.18. The first-order valence-electron chi connectivity index (χ1n) is 8.39. The van der Waals surface area contributed by atoms with E-state index in [0.29, 0.717) is 6.61 Å². The molecule has 5 nitrogen and oxygen atoms in total. The minimum absolute atomic E-state index is 0.142. The van der Waals surface area contributed by atoms with Crippen LogP contribution in [0, 0.1) is 0 Å². The number of ether oxygens (including phenoxy) is 1. The second-order valence-electron chi connectivity index (χ2n) is 6.03. The summed E-state index contributed by atoms with van der Waals surface area (Å²) in [7, 11) is 0. The summed E-state index contributed by atoms with van der Waals surface area (Å²) in [6.07, 6.45) is 2.51. The van der Waals surface area contributed by atoms with Crippen molar-refractivity contribution in [1.82, 2.24) is 14.8 Å². The van der Waals surface area contributed by atoms with E-state index in [9.17, 15) is 0 Å². The molecule has 4 rings (SSSR count). The molecule has 0 aliphatic carbocycles. The molecule has 6 heteroatoms. The fourth-order valence-corrected chi connectivity index (χ4v) is 3.53. The Hall–Kier alpha value is -2.34. The lowest BCUT2D eigenvalue weighted by atomic mass is 9.93. The van der Waals surface area contributed by atoms with Crippen molar-refractivity contribution in [2.24, 2.45) is 0 Å². The van der Waals surface area contributed by atoms with Crippen LogP contribution >= 0.6 is 15.9 Å². The number of hydrogen-bond acceptors (Lipinski definition) is 4. The van der Waals surface area contributed by atoms with Crippen LogP contribution in [0.2, 0.25) is 0 Å². The first-order chi connectivity index (χ1) is 12.2. The van der Waals surface area contributed by atoms with E-state index >= 15 is 0 Å². The molecular formula is C19H19BrN4O. The Kier molecular flexibility index (Phi) is 4.44. The van der Waals surface area contributed by atoms with Gasteiger partial charge in [0.05, 0.1) is 18.7 Å². The Morgan fingerprint density at radius 3 is 2.56 bits per heavy atom. The van der Waals surface area contributed by atoms with E-state index in [0.717, 1.165) is 22.6 Å². The smallest absolute Gasteiger partial charge is 0.222 e. The molecule has 25 heavy (non-hydrogen) atoms. The van der Waals surface area contributed by atoms with Crippen LogP contribution in [0.15, 0.2) is 59.3 Å². The highest BCUT2D eigenvalue weighted by atomic mass is 79.9. The summed E-state index contributed by atoms with van der Waals surface area (Å²) in [6.45, 7) is 2.66. The predicted octanol–water partition coefficient (Wildman–Crippen LogP) is 4.59. The molecule has 0 spiro atoms. The molecule has 0 unspecified atom stereocenters. The lowest BCUT2D eigenvalue weighted by molar-refractivity contribution is 0.340. The molecule has 2 aromatic carbocycles. The molecule has 0 fully saturated rings. The lowest BCUT2D eigenvalue weighted by Crippen LogP contribution is -2.28. The van der Waals surface area contributed by atoms with Gasteiger partial charge in [0, 0.05) is 4.47 Å². The van der Waals surface area contributed by atoms with E-state index in [1.165, 1.54) is 11.1 Å². The maximum atomic E-state index is 5.55. The molecule has 0 radical (unpaired) electrons. The molecule has 2 heterocycles. The fourth-order valence-electron chi connectivity index (χ4n) is 3.26. The van der Waals surface area contributed by atoms with E-state index < -0.39 is 0 Å². The third kappa shape index (κ3) is 3.26. The van der Waals surface area contributed by atoms with Crippen molar-refractivity contribution < 1.29 is 4.74 Å². The van der Waals surface area contributed by atoms with Gasteiger partial charge in [0.25, 0.3) is 0 Å². The summed E-state index contributed by atoms with van der Waals surface area (Å²) in [5.41, 5.74) is 2.45. The monoisotopic (exact) mass is 398 g/mol. The van der Waals surface area contributed by atoms with Gasteiger partial charge in [-0.25, -0.2) is 4.68 Å². The zero-order chi connectivity index (χ0) is 17.2. The van der Waals surface area contributed by atoms with Gasteiger partial charge in [0.1, 0.15) is 12.1 Å². The third-order valence-corrected chi connectivity index (χ3v) is 5.01. The third-order valence-electron chi connectivity index (χ3n) is 4.48. The second kappa shape index (κ2) is 6.88. The van der Waals surface area contributed by atoms with Gasteiger partial charge in [-0.15, -0.1) is 0 Å². The van der Waals surface area contributed by atoms with Gasteiger partial charge in [-0.1, -0.05) is 40.2 Å². The maximum absolute atomic E-state index is 5.55. The molecule has 2 atom stereocenters. The molecule has 0 saturated carbocycles. The Bertz CT molecular complexity index is 845. The highest BCUT2D eigenvalue weighted by Crippen LogP contribution is 2.37. The van der Waals surface area contributed by atoms with E-state index in [4.69, 9.17) is 4.74 Å².